The molecule has 1 unspecified atom stereocenters. The van der Waals surface area contributed by atoms with Crippen molar-refractivity contribution in [2.45, 2.75) is 32.7 Å². The number of nitrogens with one attached hydrogen (secondary N) is 1. The first-order valence-corrected chi connectivity index (χ1v) is 7.84. The number of hydrogen-bond donors (Lipinski definition) is 1. The highest BCUT2D eigenvalue weighted by atomic mass is 32.1. The van der Waals surface area contributed by atoms with Gasteiger partial charge in [0.15, 0.2) is 10.4 Å². The zero-order valence-corrected chi connectivity index (χ0v) is 13.3. The first-order chi connectivity index (χ1) is 9.60. The van der Waals surface area contributed by atoms with Gasteiger partial charge in [0, 0.05) is 20.1 Å². The SMILES string of the molecule is CCc1nn(C)c2c1[nH]c(=S)n2CC1CCCN(C)C1. The van der Waals surface area contributed by atoms with Gasteiger partial charge in [0.1, 0.15) is 5.52 Å². The number of rotatable bonds is 3. The number of nitrogens with zero attached hydrogens (tertiary/aromatic N) is 4. The first kappa shape index (κ1) is 13.8. The molecule has 0 aliphatic carbocycles. The summed E-state index contributed by atoms with van der Waals surface area (Å²) in [4.78, 5) is 5.77. The molecule has 2 aromatic rings. The van der Waals surface area contributed by atoms with Gasteiger partial charge >= 0.3 is 0 Å². The Labute approximate surface area is 124 Å². The van der Waals surface area contributed by atoms with Gasteiger partial charge in [-0.05, 0) is 51.0 Å². The van der Waals surface area contributed by atoms with Crippen molar-refractivity contribution in [2.24, 2.45) is 13.0 Å². The molecule has 1 aliphatic heterocycles. The maximum Gasteiger partial charge on any atom is 0.179 e. The minimum absolute atomic E-state index is 0.680. The van der Waals surface area contributed by atoms with Crippen LogP contribution in [-0.2, 0) is 20.0 Å². The lowest BCUT2D eigenvalue weighted by atomic mass is 9.98. The Morgan fingerprint density at radius 2 is 2.20 bits per heavy atom. The van der Waals surface area contributed by atoms with E-state index in [0.29, 0.717) is 5.92 Å². The molecule has 1 N–H and O–H groups in total. The van der Waals surface area contributed by atoms with E-state index in [4.69, 9.17) is 12.2 Å². The maximum absolute atomic E-state index is 5.52. The zero-order chi connectivity index (χ0) is 14.3. The molecule has 6 heteroatoms. The van der Waals surface area contributed by atoms with Crippen LogP contribution >= 0.6 is 12.2 Å². The molecule has 20 heavy (non-hydrogen) atoms. The molecule has 0 spiro atoms. The van der Waals surface area contributed by atoms with Crippen molar-refractivity contribution >= 4 is 23.4 Å². The number of aryl methyl sites for hydroxylation is 2. The number of hydrogen-bond acceptors (Lipinski definition) is 3. The summed E-state index contributed by atoms with van der Waals surface area (Å²) in [6, 6.07) is 0. The van der Waals surface area contributed by atoms with Crippen LogP contribution in [0.25, 0.3) is 11.2 Å². The second kappa shape index (κ2) is 5.33. The number of aromatic amines is 1. The van der Waals surface area contributed by atoms with Gasteiger partial charge in [0.05, 0.1) is 5.69 Å². The molecular formula is C14H23N5S. The molecule has 1 aliphatic rings. The number of likely N-dealkylation sites (tertiary alicyclic amines) is 1. The van der Waals surface area contributed by atoms with Crippen LogP contribution in [0.3, 0.4) is 0 Å². The number of imidazole rings is 1. The summed E-state index contributed by atoms with van der Waals surface area (Å²) >= 11 is 5.52. The largest absolute Gasteiger partial charge is 0.328 e. The van der Waals surface area contributed by atoms with Gasteiger partial charge in [0.25, 0.3) is 0 Å². The second-order valence-corrected chi connectivity index (χ2v) is 6.32. The van der Waals surface area contributed by atoms with Crippen LogP contribution in [-0.4, -0.2) is 44.4 Å². The van der Waals surface area contributed by atoms with Crippen LogP contribution in [0.4, 0.5) is 0 Å². The second-order valence-electron chi connectivity index (χ2n) is 5.93. The quantitative estimate of drug-likeness (QED) is 0.883. The predicted octanol–water partition coefficient (Wildman–Crippen LogP) is 2.34. The van der Waals surface area contributed by atoms with E-state index in [1.165, 1.54) is 19.4 Å². The minimum atomic E-state index is 0.680. The fourth-order valence-electron chi connectivity index (χ4n) is 3.37. The molecule has 1 fully saturated rings. The Hall–Kier alpha value is -1.14. The van der Waals surface area contributed by atoms with Crippen molar-refractivity contribution in [3.8, 4) is 0 Å². The van der Waals surface area contributed by atoms with Crippen LogP contribution < -0.4 is 0 Å². The Morgan fingerprint density at radius 1 is 1.40 bits per heavy atom. The van der Waals surface area contributed by atoms with E-state index in [-0.39, 0.29) is 0 Å². The molecule has 3 rings (SSSR count). The fraction of sp³-hybridized carbons (Fsp3) is 0.714. The summed E-state index contributed by atoms with van der Waals surface area (Å²) in [5.41, 5.74) is 3.36. The summed E-state index contributed by atoms with van der Waals surface area (Å²) in [6.07, 6.45) is 3.50. The monoisotopic (exact) mass is 293 g/mol. The van der Waals surface area contributed by atoms with Gasteiger partial charge < -0.3 is 14.5 Å². The Kier molecular flexibility index (Phi) is 3.69. The van der Waals surface area contributed by atoms with E-state index < -0.39 is 0 Å². The van der Waals surface area contributed by atoms with Gasteiger partial charge in [0.2, 0.25) is 0 Å². The van der Waals surface area contributed by atoms with Gasteiger partial charge in [-0.25, -0.2) is 0 Å². The third-order valence-electron chi connectivity index (χ3n) is 4.32. The van der Waals surface area contributed by atoms with Crippen molar-refractivity contribution in [3.05, 3.63) is 10.5 Å². The highest BCUT2D eigenvalue weighted by Gasteiger charge is 2.21. The van der Waals surface area contributed by atoms with E-state index in [9.17, 15) is 0 Å². The van der Waals surface area contributed by atoms with Gasteiger partial charge in [-0.3, -0.25) is 4.68 Å². The Balaban J connectivity index is 1.96. The van der Waals surface area contributed by atoms with Crippen molar-refractivity contribution < 1.29 is 0 Å². The molecular weight excluding hydrogens is 270 g/mol. The number of fused-ring (bicyclic) bond motifs is 1. The van der Waals surface area contributed by atoms with E-state index in [1.807, 2.05) is 11.7 Å². The average Bonchev–Trinajstić information content (AvgIpc) is 2.88. The maximum atomic E-state index is 5.52. The zero-order valence-electron chi connectivity index (χ0n) is 12.5. The topological polar surface area (TPSA) is 41.8 Å². The molecule has 1 saturated heterocycles. The third kappa shape index (κ3) is 2.31. The molecule has 5 nitrogen and oxygen atoms in total. The minimum Gasteiger partial charge on any atom is -0.328 e. The lowest BCUT2D eigenvalue weighted by molar-refractivity contribution is 0.195. The van der Waals surface area contributed by atoms with Crippen molar-refractivity contribution in [1.82, 2.24) is 24.2 Å². The van der Waals surface area contributed by atoms with Gasteiger partial charge in [-0.1, -0.05) is 6.92 Å². The lowest BCUT2D eigenvalue weighted by Crippen LogP contribution is -2.34. The third-order valence-corrected chi connectivity index (χ3v) is 4.64. The van der Waals surface area contributed by atoms with Crippen LogP contribution in [0.15, 0.2) is 0 Å². The molecule has 1 atom stereocenters. The summed E-state index contributed by atoms with van der Waals surface area (Å²) in [6.45, 7) is 5.50. The summed E-state index contributed by atoms with van der Waals surface area (Å²) in [7, 11) is 4.21. The summed E-state index contributed by atoms with van der Waals surface area (Å²) in [5.74, 6) is 0.680. The molecule has 0 saturated carbocycles. The number of aromatic nitrogens is 4. The van der Waals surface area contributed by atoms with Crippen molar-refractivity contribution in [3.63, 3.8) is 0 Å². The normalized spacial score (nSPS) is 20.9. The smallest absolute Gasteiger partial charge is 0.179 e. The molecule has 110 valence electrons. The fourth-order valence-corrected chi connectivity index (χ4v) is 3.64. The van der Waals surface area contributed by atoms with Crippen LogP contribution in [0, 0.1) is 10.7 Å². The van der Waals surface area contributed by atoms with Crippen molar-refractivity contribution in [2.75, 3.05) is 20.1 Å². The average molecular weight is 293 g/mol. The molecule has 0 aromatic carbocycles. The van der Waals surface area contributed by atoms with E-state index in [2.05, 4.69) is 33.5 Å². The van der Waals surface area contributed by atoms with E-state index in [0.717, 1.165) is 41.1 Å². The summed E-state index contributed by atoms with van der Waals surface area (Å²) < 4.78 is 5.03. The van der Waals surface area contributed by atoms with E-state index >= 15 is 0 Å². The molecule has 0 radical (unpaired) electrons. The Bertz CT molecular complexity index is 665. The van der Waals surface area contributed by atoms with Crippen LogP contribution in [0.5, 0.6) is 0 Å². The standard InChI is InChI=1S/C14H23N5S/c1-4-11-12-13(18(3)16-11)19(14(20)15-12)9-10-6-5-7-17(2)8-10/h10H,4-9H2,1-3H3,(H,15,20). The molecule has 0 bridgehead atoms. The summed E-state index contributed by atoms with van der Waals surface area (Å²) in [5, 5.41) is 4.59. The number of H-pyrrole nitrogens is 1. The predicted molar refractivity (Wildman–Crippen MR) is 83.5 cm³/mol. The highest BCUT2D eigenvalue weighted by molar-refractivity contribution is 7.71. The molecule has 2 aromatic heterocycles. The van der Waals surface area contributed by atoms with E-state index in [1.54, 1.807) is 0 Å². The van der Waals surface area contributed by atoms with Crippen molar-refractivity contribution in [1.29, 1.82) is 0 Å². The van der Waals surface area contributed by atoms with Crippen LogP contribution in [0.1, 0.15) is 25.5 Å². The van der Waals surface area contributed by atoms with Gasteiger partial charge in [-0.2, -0.15) is 5.10 Å². The Morgan fingerprint density at radius 3 is 2.90 bits per heavy atom. The van der Waals surface area contributed by atoms with Crippen LogP contribution in [0.2, 0.25) is 0 Å². The molecule has 0 amide bonds. The highest BCUT2D eigenvalue weighted by Crippen LogP contribution is 2.22. The first-order valence-electron chi connectivity index (χ1n) is 7.43. The lowest BCUT2D eigenvalue weighted by Gasteiger charge is -2.29. The van der Waals surface area contributed by atoms with Gasteiger partial charge in [-0.15, -0.1) is 0 Å². The molecule has 3 heterocycles. The number of piperidine rings is 1.